The highest BCUT2D eigenvalue weighted by Gasteiger charge is 2.03. The Balaban J connectivity index is 1.89. The Labute approximate surface area is 116 Å². The van der Waals surface area contributed by atoms with E-state index in [0.717, 1.165) is 5.56 Å². The van der Waals surface area contributed by atoms with Crippen LogP contribution < -0.4 is 16.4 Å². The van der Waals surface area contributed by atoms with E-state index in [1.54, 1.807) is 18.2 Å². The van der Waals surface area contributed by atoms with E-state index < -0.39 is 0 Å². The summed E-state index contributed by atoms with van der Waals surface area (Å²) in [5.74, 6) is 0. The molecule has 0 unspecified atom stereocenters. The fourth-order valence-corrected chi connectivity index (χ4v) is 1.74. The van der Waals surface area contributed by atoms with Gasteiger partial charge in [0, 0.05) is 12.2 Å². The maximum absolute atomic E-state index is 11.7. The molecule has 19 heavy (non-hydrogen) atoms. The van der Waals surface area contributed by atoms with Crippen LogP contribution in [0.2, 0.25) is 5.02 Å². The SMILES string of the molecule is Nc1ccc(NC(=O)NCc2ccccc2)cc1Cl. The number of rotatable bonds is 3. The maximum atomic E-state index is 11.7. The Bertz CT molecular complexity index is 572. The van der Waals surface area contributed by atoms with Gasteiger partial charge in [0.05, 0.1) is 10.7 Å². The molecule has 0 aliphatic carbocycles. The van der Waals surface area contributed by atoms with Crippen LogP contribution in [0.15, 0.2) is 48.5 Å². The van der Waals surface area contributed by atoms with Gasteiger partial charge in [-0.05, 0) is 23.8 Å². The zero-order valence-corrected chi connectivity index (χ0v) is 10.9. The van der Waals surface area contributed by atoms with Crippen molar-refractivity contribution in [3.8, 4) is 0 Å². The highest BCUT2D eigenvalue weighted by Crippen LogP contribution is 2.22. The van der Waals surface area contributed by atoms with Gasteiger partial charge < -0.3 is 16.4 Å². The van der Waals surface area contributed by atoms with E-state index in [0.29, 0.717) is 22.9 Å². The lowest BCUT2D eigenvalue weighted by Gasteiger charge is -2.08. The van der Waals surface area contributed by atoms with Gasteiger partial charge >= 0.3 is 6.03 Å². The monoisotopic (exact) mass is 275 g/mol. The van der Waals surface area contributed by atoms with Gasteiger partial charge in [-0.15, -0.1) is 0 Å². The molecule has 0 heterocycles. The lowest BCUT2D eigenvalue weighted by Crippen LogP contribution is -2.28. The third kappa shape index (κ3) is 3.89. The molecule has 4 nitrogen and oxygen atoms in total. The molecule has 4 N–H and O–H groups in total. The highest BCUT2D eigenvalue weighted by atomic mass is 35.5. The molecule has 0 bridgehead atoms. The third-order valence-electron chi connectivity index (χ3n) is 2.55. The third-order valence-corrected chi connectivity index (χ3v) is 2.88. The highest BCUT2D eigenvalue weighted by molar-refractivity contribution is 6.33. The van der Waals surface area contributed by atoms with E-state index in [1.165, 1.54) is 0 Å². The van der Waals surface area contributed by atoms with Crippen molar-refractivity contribution in [1.29, 1.82) is 0 Å². The second kappa shape index (κ2) is 6.11. The molecular weight excluding hydrogens is 262 g/mol. The Hall–Kier alpha value is -2.20. The number of hydrogen-bond donors (Lipinski definition) is 3. The van der Waals surface area contributed by atoms with E-state index in [1.807, 2.05) is 30.3 Å². The van der Waals surface area contributed by atoms with Crippen molar-refractivity contribution in [1.82, 2.24) is 5.32 Å². The summed E-state index contributed by atoms with van der Waals surface area (Å²) in [6.45, 7) is 0.468. The van der Waals surface area contributed by atoms with Gasteiger partial charge in [-0.25, -0.2) is 4.79 Å². The number of nitrogens with one attached hydrogen (secondary N) is 2. The van der Waals surface area contributed by atoms with Crippen LogP contribution in [-0.2, 0) is 6.54 Å². The molecule has 0 saturated carbocycles. The fourth-order valence-electron chi connectivity index (χ4n) is 1.56. The Morgan fingerprint density at radius 2 is 1.89 bits per heavy atom. The molecule has 5 heteroatoms. The van der Waals surface area contributed by atoms with E-state index in [9.17, 15) is 4.79 Å². The number of anilines is 2. The van der Waals surface area contributed by atoms with Crippen LogP contribution in [0, 0.1) is 0 Å². The fraction of sp³-hybridized carbons (Fsp3) is 0.0714. The van der Waals surface area contributed by atoms with Crippen molar-refractivity contribution < 1.29 is 4.79 Å². The predicted octanol–water partition coefficient (Wildman–Crippen LogP) is 3.24. The van der Waals surface area contributed by atoms with Crippen molar-refractivity contribution in [3.63, 3.8) is 0 Å². The quantitative estimate of drug-likeness (QED) is 0.753. The van der Waals surface area contributed by atoms with Crippen LogP contribution in [0.5, 0.6) is 0 Å². The molecule has 2 aromatic carbocycles. The molecular formula is C14H14ClN3O. The minimum absolute atomic E-state index is 0.287. The standard InChI is InChI=1S/C14H14ClN3O/c15-12-8-11(6-7-13(12)16)18-14(19)17-9-10-4-2-1-3-5-10/h1-8H,9,16H2,(H2,17,18,19). The lowest BCUT2D eigenvalue weighted by atomic mass is 10.2. The molecule has 0 radical (unpaired) electrons. The van der Waals surface area contributed by atoms with Crippen LogP contribution in [-0.4, -0.2) is 6.03 Å². The van der Waals surface area contributed by atoms with Gasteiger partial charge in [-0.2, -0.15) is 0 Å². The van der Waals surface area contributed by atoms with Crippen molar-refractivity contribution in [2.45, 2.75) is 6.54 Å². The van der Waals surface area contributed by atoms with E-state index in [4.69, 9.17) is 17.3 Å². The topological polar surface area (TPSA) is 67.1 Å². The summed E-state index contributed by atoms with van der Waals surface area (Å²) in [4.78, 5) is 11.7. The number of carbonyl (C=O) groups excluding carboxylic acids is 1. The number of hydrogen-bond acceptors (Lipinski definition) is 2. The number of halogens is 1. The molecule has 0 aliphatic rings. The summed E-state index contributed by atoms with van der Waals surface area (Å²) >= 11 is 5.87. The van der Waals surface area contributed by atoms with Crippen LogP contribution in [0.1, 0.15) is 5.56 Å². The smallest absolute Gasteiger partial charge is 0.319 e. The van der Waals surface area contributed by atoms with Gasteiger partial charge in [-0.1, -0.05) is 41.9 Å². The summed E-state index contributed by atoms with van der Waals surface area (Å²) in [5, 5.41) is 5.86. The lowest BCUT2D eigenvalue weighted by molar-refractivity contribution is 0.251. The predicted molar refractivity (Wildman–Crippen MR) is 78.2 cm³/mol. The molecule has 0 saturated heterocycles. The average molecular weight is 276 g/mol. The first-order valence-electron chi connectivity index (χ1n) is 5.79. The number of nitrogen functional groups attached to an aromatic ring is 1. The summed E-state index contributed by atoms with van der Waals surface area (Å²) in [6, 6.07) is 14.3. The first kappa shape index (κ1) is 13.2. The average Bonchev–Trinajstić information content (AvgIpc) is 2.42. The second-order valence-corrected chi connectivity index (χ2v) is 4.44. The van der Waals surface area contributed by atoms with Crippen LogP contribution in [0.25, 0.3) is 0 Å². The summed E-state index contributed by atoms with van der Waals surface area (Å²) in [5.41, 5.74) is 7.71. The van der Waals surface area contributed by atoms with Crippen LogP contribution in [0.3, 0.4) is 0 Å². The van der Waals surface area contributed by atoms with Crippen LogP contribution >= 0.6 is 11.6 Å². The molecule has 0 spiro atoms. The number of carbonyl (C=O) groups is 1. The first-order chi connectivity index (χ1) is 9.15. The molecule has 2 rings (SSSR count). The van der Waals surface area contributed by atoms with Gasteiger partial charge in [0.25, 0.3) is 0 Å². The summed E-state index contributed by atoms with van der Waals surface area (Å²) in [7, 11) is 0. The minimum Gasteiger partial charge on any atom is -0.398 e. The minimum atomic E-state index is -0.287. The Kier molecular flexibility index (Phi) is 4.26. The van der Waals surface area contributed by atoms with E-state index >= 15 is 0 Å². The number of nitrogens with two attached hydrogens (primary N) is 1. The van der Waals surface area contributed by atoms with Crippen LogP contribution in [0.4, 0.5) is 16.2 Å². The largest absolute Gasteiger partial charge is 0.398 e. The van der Waals surface area contributed by atoms with Crippen molar-refractivity contribution >= 4 is 29.0 Å². The van der Waals surface area contributed by atoms with Crippen molar-refractivity contribution in [3.05, 3.63) is 59.1 Å². The van der Waals surface area contributed by atoms with E-state index in [-0.39, 0.29) is 6.03 Å². The molecule has 2 amide bonds. The molecule has 2 aromatic rings. The zero-order valence-electron chi connectivity index (χ0n) is 10.2. The normalized spacial score (nSPS) is 9.95. The summed E-state index contributed by atoms with van der Waals surface area (Å²) in [6.07, 6.45) is 0. The molecule has 98 valence electrons. The number of urea groups is 1. The van der Waals surface area contributed by atoms with Gasteiger partial charge in [0.2, 0.25) is 0 Å². The Morgan fingerprint density at radius 3 is 2.58 bits per heavy atom. The molecule has 0 aliphatic heterocycles. The zero-order chi connectivity index (χ0) is 13.7. The number of benzene rings is 2. The second-order valence-electron chi connectivity index (χ2n) is 4.03. The summed E-state index contributed by atoms with van der Waals surface area (Å²) < 4.78 is 0. The molecule has 0 atom stereocenters. The van der Waals surface area contributed by atoms with Gasteiger partial charge in [-0.3, -0.25) is 0 Å². The van der Waals surface area contributed by atoms with Crippen molar-refractivity contribution in [2.75, 3.05) is 11.1 Å². The molecule has 0 aromatic heterocycles. The van der Waals surface area contributed by atoms with Crippen molar-refractivity contribution in [2.24, 2.45) is 0 Å². The Morgan fingerprint density at radius 1 is 1.16 bits per heavy atom. The maximum Gasteiger partial charge on any atom is 0.319 e. The number of amides is 2. The first-order valence-corrected chi connectivity index (χ1v) is 6.17. The van der Waals surface area contributed by atoms with Gasteiger partial charge in [0.15, 0.2) is 0 Å². The molecule has 0 fully saturated rings. The van der Waals surface area contributed by atoms with E-state index in [2.05, 4.69) is 10.6 Å². The van der Waals surface area contributed by atoms with Gasteiger partial charge in [0.1, 0.15) is 0 Å².